The number of halogens is 1. The molecule has 8 heteroatoms. The molecule has 0 spiro atoms. The fourth-order valence-corrected chi connectivity index (χ4v) is 2.76. The number of amides is 2. The van der Waals surface area contributed by atoms with Crippen LogP contribution in [0, 0.1) is 5.82 Å². The van der Waals surface area contributed by atoms with Crippen molar-refractivity contribution in [3.8, 4) is 11.5 Å². The molecule has 1 atom stereocenters. The predicted octanol–water partition coefficient (Wildman–Crippen LogP) is 2.19. The van der Waals surface area contributed by atoms with Gasteiger partial charge < -0.3 is 9.47 Å². The summed E-state index contributed by atoms with van der Waals surface area (Å²) < 4.78 is 24.3. The molecule has 0 radical (unpaired) electrons. The molecule has 27 heavy (non-hydrogen) atoms. The molecule has 3 rings (SSSR count). The lowest BCUT2D eigenvalue weighted by atomic mass is 10.0. The standard InChI is InChI=1S/C19H18FN3O4/c1-26-11-7-8-16(27-2)13(9-11)15-10-17(24)22-19(21-15)23-18(25)12-5-3-4-6-14(12)20/h3-9,15H,10H2,1-2H3,(H2,21,22,23,24,25)/t15-/m1/s1. The zero-order valence-electron chi connectivity index (χ0n) is 14.8. The number of benzene rings is 2. The molecule has 140 valence electrons. The van der Waals surface area contributed by atoms with Crippen molar-refractivity contribution in [3.05, 3.63) is 59.4 Å². The summed E-state index contributed by atoms with van der Waals surface area (Å²) in [7, 11) is 3.04. The third-order valence-electron chi connectivity index (χ3n) is 4.07. The largest absolute Gasteiger partial charge is 0.497 e. The first-order valence-corrected chi connectivity index (χ1v) is 8.17. The number of nitrogens with zero attached hydrogens (tertiary/aromatic N) is 1. The van der Waals surface area contributed by atoms with Gasteiger partial charge in [0.2, 0.25) is 11.9 Å². The highest BCUT2D eigenvalue weighted by Crippen LogP contribution is 2.34. The lowest BCUT2D eigenvalue weighted by molar-refractivity contribution is -0.120. The molecular weight excluding hydrogens is 353 g/mol. The maximum atomic E-state index is 13.8. The van der Waals surface area contributed by atoms with Crippen molar-refractivity contribution in [1.29, 1.82) is 0 Å². The van der Waals surface area contributed by atoms with Crippen LogP contribution in [0.3, 0.4) is 0 Å². The van der Waals surface area contributed by atoms with E-state index in [9.17, 15) is 14.0 Å². The fraction of sp³-hybridized carbons (Fsp3) is 0.211. The highest BCUT2D eigenvalue weighted by atomic mass is 19.1. The zero-order valence-corrected chi connectivity index (χ0v) is 14.8. The summed E-state index contributed by atoms with van der Waals surface area (Å²) >= 11 is 0. The number of carbonyl (C=O) groups excluding carboxylic acids is 2. The molecule has 2 amide bonds. The second-order valence-corrected chi connectivity index (χ2v) is 5.79. The van der Waals surface area contributed by atoms with Gasteiger partial charge in [-0.3, -0.25) is 20.2 Å². The minimum Gasteiger partial charge on any atom is -0.497 e. The second kappa shape index (κ2) is 7.86. The molecule has 0 aromatic heterocycles. The van der Waals surface area contributed by atoms with Crippen LogP contribution in [0.15, 0.2) is 47.5 Å². The number of methoxy groups -OCH3 is 2. The van der Waals surface area contributed by atoms with Crippen LogP contribution in [0.2, 0.25) is 0 Å². The van der Waals surface area contributed by atoms with Crippen molar-refractivity contribution in [1.82, 2.24) is 10.6 Å². The Hall–Kier alpha value is -3.42. The van der Waals surface area contributed by atoms with Crippen LogP contribution >= 0.6 is 0 Å². The monoisotopic (exact) mass is 371 g/mol. The molecule has 0 unspecified atom stereocenters. The third-order valence-corrected chi connectivity index (χ3v) is 4.07. The van der Waals surface area contributed by atoms with Gasteiger partial charge in [0.05, 0.1) is 32.2 Å². The molecule has 1 heterocycles. The van der Waals surface area contributed by atoms with Crippen molar-refractivity contribution < 1.29 is 23.5 Å². The average molecular weight is 371 g/mol. The van der Waals surface area contributed by atoms with E-state index in [4.69, 9.17) is 9.47 Å². The molecule has 2 N–H and O–H groups in total. The van der Waals surface area contributed by atoms with Gasteiger partial charge >= 0.3 is 0 Å². The lowest BCUT2D eigenvalue weighted by Gasteiger charge is -2.23. The highest BCUT2D eigenvalue weighted by Gasteiger charge is 2.26. The number of hydrogen-bond acceptors (Lipinski definition) is 5. The third kappa shape index (κ3) is 4.05. The Balaban J connectivity index is 1.89. The van der Waals surface area contributed by atoms with Crippen LogP contribution in [0.25, 0.3) is 0 Å². The van der Waals surface area contributed by atoms with Crippen LogP contribution < -0.4 is 20.1 Å². The molecule has 0 bridgehead atoms. The first-order chi connectivity index (χ1) is 13.0. The van der Waals surface area contributed by atoms with Gasteiger partial charge in [-0.05, 0) is 30.3 Å². The molecule has 0 saturated carbocycles. The van der Waals surface area contributed by atoms with E-state index in [0.29, 0.717) is 17.1 Å². The average Bonchev–Trinajstić information content (AvgIpc) is 2.67. The molecule has 0 fully saturated rings. The van der Waals surface area contributed by atoms with Crippen molar-refractivity contribution in [2.24, 2.45) is 4.99 Å². The minimum atomic E-state index is -0.703. The number of guanidine groups is 1. The number of hydrogen-bond donors (Lipinski definition) is 2. The van der Waals surface area contributed by atoms with Gasteiger partial charge in [-0.15, -0.1) is 0 Å². The van der Waals surface area contributed by atoms with E-state index in [1.54, 1.807) is 24.3 Å². The van der Waals surface area contributed by atoms with Crippen molar-refractivity contribution >= 4 is 17.8 Å². The molecule has 0 aliphatic carbocycles. The van der Waals surface area contributed by atoms with Crippen LogP contribution in [-0.2, 0) is 4.79 Å². The van der Waals surface area contributed by atoms with Gasteiger partial charge in [0, 0.05) is 5.56 Å². The molecule has 1 aliphatic heterocycles. The first-order valence-electron chi connectivity index (χ1n) is 8.17. The summed E-state index contributed by atoms with van der Waals surface area (Å²) in [5.74, 6) is -0.616. The second-order valence-electron chi connectivity index (χ2n) is 5.79. The minimum absolute atomic E-state index is 0.0469. The van der Waals surface area contributed by atoms with Gasteiger partial charge in [0.25, 0.3) is 5.91 Å². The van der Waals surface area contributed by atoms with Gasteiger partial charge in [-0.2, -0.15) is 0 Å². The first kappa shape index (κ1) is 18.4. The molecular formula is C19H18FN3O4. The summed E-state index contributed by atoms with van der Waals surface area (Å²) in [6.45, 7) is 0. The number of carbonyl (C=O) groups is 2. The summed E-state index contributed by atoms with van der Waals surface area (Å²) in [6.07, 6.45) is 0.0720. The Labute approximate surface area is 155 Å². The molecule has 7 nitrogen and oxygen atoms in total. The summed E-state index contributed by atoms with van der Waals surface area (Å²) in [5.41, 5.74) is 0.500. The maximum Gasteiger partial charge on any atom is 0.260 e. The molecule has 2 aromatic carbocycles. The summed E-state index contributed by atoms with van der Waals surface area (Å²) in [6, 6.07) is 10.1. The molecule has 0 saturated heterocycles. The van der Waals surface area contributed by atoms with Crippen molar-refractivity contribution in [2.45, 2.75) is 12.5 Å². The SMILES string of the molecule is COc1ccc(OC)c([C@H]2CC(=O)NC(NC(=O)c3ccccc3F)=N2)c1. The Morgan fingerprint density at radius 3 is 2.70 bits per heavy atom. The Kier molecular flexibility index (Phi) is 5.35. The molecule has 1 aliphatic rings. The topological polar surface area (TPSA) is 89.0 Å². The van der Waals surface area contributed by atoms with E-state index in [1.165, 1.54) is 32.4 Å². The van der Waals surface area contributed by atoms with E-state index >= 15 is 0 Å². The van der Waals surface area contributed by atoms with E-state index in [1.807, 2.05) is 0 Å². The summed E-state index contributed by atoms with van der Waals surface area (Å²) in [5, 5.41) is 4.93. The van der Waals surface area contributed by atoms with Crippen LogP contribution in [0.5, 0.6) is 11.5 Å². The van der Waals surface area contributed by atoms with Gasteiger partial charge in [-0.1, -0.05) is 12.1 Å². The van der Waals surface area contributed by atoms with E-state index in [-0.39, 0.29) is 23.9 Å². The van der Waals surface area contributed by atoms with Crippen molar-refractivity contribution in [2.75, 3.05) is 14.2 Å². The number of aliphatic imine (C=N–C) groups is 1. The fourth-order valence-electron chi connectivity index (χ4n) is 2.76. The Morgan fingerprint density at radius 2 is 2.00 bits per heavy atom. The number of rotatable bonds is 4. The lowest BCUT2D eigenvalue weighted by Crippen LogP contribution is -2.47. The Bertz CT molecular complexity index is 914. The molecule has 2 aromatic rings. The van der Waals surface area contributed by atoms with Crippen molar-refractivity contribution in [3.63, 3.8) is 0 Å². The van der Waals surface area contributed by atoms with Gasteiger partial charge in [0.1, 0.15) is 17.3 Å². The van der Waals surface area contributed by atoms with Crippen LogP contribution in [0.4, 0.5) is 4.39 Å². The zero-order chi connectivity index (χ0) is 19.4. The van der Waals surface area contributed by atoms with Gasteiger partial charge in [0.15, 0.2) is 0 Å². The number of nitrogens with one attached hydrogen (secondary N) is 2. The van der Waals surface area contributed by atoms with Crippen LogP contribution in [0.1, 0.15) is 28.4 Å². The Morgan fingerprint density at radius 1 is 1.22 bits per heavy atom. The maximum absolute atomic E-state index is 13.8. The highest BCUT2D eigenvalue weighted by molar-refractivity contribution is 6.10. The van der Waals surface area contributed by atoms with E-state index in [2.05, 4.69) is 15.6 Å². The smallest absolute Gasteiger partial charge is 0.260 e. The van der Waals surface area contributed by atoms with Crippen LogP contribution in [-0.4, -0.2) is 32.0 Å². The normalized spacial score (nSPS) is 16.2. The van der Waals surface area contributed by atoms with E-state index < -0.39 is 17.8 Å². The summed E-state index contributed by atoms with van der Waals surface area (Å²) in [4.78, 5) is 28.8. The van der Waals surface area contributed by atoms with Gasteiger partial charge in [-0.25, -0.2) is 9.38 Å². The van der Waals surface area contributed by atoms with E-state index in [0.717, 1.165) is 0 Å². The predicted molar refractivity (Wildman–Crippen MR) is 96.3 cm³/mol. The quantitative estimate of drug-likeness (QED) is 0.862. The number of ether oxygens (including phenoxy) is 2.